The Balaban J connectivity index is 1.31. The van der Waals surface area contributed by atoms with E-state index in [0.717, 1.165) is 88.6 Å². The number of carbonyl (C=O) groups is 2. The third kappa shape index (κ3) is 6.53. The van der Waals surface area contributed by atoms with Gasteiger partial charge in [-0.05, 0) is 67.4 Å². The number of fused-ring (bicyclic) bond motifs is 7. The van der Waals surface area contributed by atoms with Gasteiger partial charge >= 0.3 is 0 Å². The van der Waals surface area contributed by atoms with Gasteiger partial charge in [0.15, 0.2) is 11.6 Å². The van der Waals surface area contributed by atoms with Gasteiger partial charge in [-0.3, -0.25) is 9.59 Å². The molecular weight excluding hydrogens is 885 g/mol. The lowest BCUT2D eigenvalue weighted by molar-refractivity contribution is 0.0714. The second-order valence-electron chi connectivity index (χ2n) is 18.5. The number of benzene rings is 10. The second-order valence-corrected chi connectivity index (χ2v) is 20.0. The summed E-state index contributed by atoms with van der Waals surface area (Å²) in [7, 11) is 0. The van der Waals surface area contributed by atoms with Gasteiger partial charge in [-0.1, -0.05) is 243 Å². The molecule has 2 aliphatic heterocycles. The molecule has 0 spiro atoms. The van der Waals surface area contributed by atoms with Crippen molar-refractivity contribution in [3.05, 3.63) is 288 Å². The highest BCUT2D eigenvalue weighted by molar-refractivity contribution is 8.02. The molecule has 71 heavy (non-hydrogen) atoms. The molecule has 2 aliphatic rings. The van der Waals surface area contributed by atoms with Crippen LogP contribution in [0.5, 0.6) is 0 Å². The van der Waals surface area contributed by atoms with E-state index in [1.165, 1.54) is 0 Å². The standard InChI is InChI=1S/C66H44N2O2S/c69-63(47-33-17-5-18-34-47)59-60(64(70)48-35-19-6-20-36-48)66(50-39-23-8-24-40-50)58-56(44-27-11-2-12-28-44)52-42-54-53(61(45-29-13-3-14-30-45)67-68-62(54)46-31-15-4-16-32-46)41-51(52)55(43-25-9-1-10-26-43)57(58)65(59,71-66)49-37-21-7-22-38-49/h1-42,59-60H. The van der Waals surface area contributed by atoms with Crippen LogP contribution in [0.15, 0.2) is 255 Å². The summed E-state index contributed by atoms with van der Waals surface area (Å²) in [5, 5.41) is 14.1. The lowest BCUT2D eigenvalue weighted by atomic mass is 9.54. The number of thioether (sulfide) groups is 1. The van der Waals surface area contributed by atoms with E-state index >= 15 is 9.59 Å². The van der Waals surface area contributed by atoms with Crippen molar-refractivity contribution in [3.8, 4) is 44.8 Å². The number of hydrogen-bond acceptors (Lipinski definition) is 5. The average Bonchev–Trinajstić information content (AvgIpc) is 4.00. The molecule has 4 unspecified atom stereocenters. The topological polar surface area (TPSA) is 59.9 Å². The van der Waals surface area contributed by atoms with Crippen LogP contribution in [0.1, 0.15) is 43.0 Å². The van der Waals surface area contributed by atoms with Gasteiger partial charge in [0.2, 0.25) is 0 Å². The summed E-state index contributed by atoms with van der Waals surface area (Å²) in [5.74, 6) is -1.82. The van der Waals surface area contributed by atoms with E-state index in [2.05, 4.69) is 146 Å². The first-order chi connectivity index (χ1) is 35.1. The van der Waals surface area contributed by atoms with Crippen molar-refractivity contribution in [2.45, 2.75) is 9.49 Å². The highest BCUT2D eigenvalue weighted by atomic mass is 32.2. The fraction of sp³-hybridized carbons (Fsp3) is 0.0606. The largest absolute Gasteiger partial charge is 0.294 e. The molecule has 0 saturated carbocycles. The van der Waals surface area contributed by atoms with Crippen LogP contribution in [0.25, 0.3) is 66.3 Å². The monoisotopic (exact) mass is 928 g/mol. The fourth-order valence-electron chi connectivity index (χ4n) is 11.9. The quantitative estimate of drug-likeness (QED) is 0.101. The van der Waals surface area contributed by atoms with Gasteiger partial charge in [-0.2, -0.15) is 0 Å². The van der Waals surface area contributed by atoms with Gasteiger partial charge in [0, 0.05) is 33.0 Å². The number of hydrogen-bond donors (Lipinski definition) is 0. The Morgan fingerprint density at radius 1 is 0.338 bits per heavy atom. The van der Waals surface area contributed by atoms with Crippen LogP contribution in [0.4, 0.5) is 0 Å². The average molecular weight is 929 g/mol. The molecule has 4 nitrogen and oxygen atoms in total. The van der Waals surface area contributed by atoms with Crippen molar-refractivity contribution in [2.24, 2.45) is 11.8 Å². The van der Waals surface area contributed by atoms with Gasteiger partial charge in [0.05, 0.1) is 21.3 Å². The third-order valence-electron chi connectivity index (χ3n) is 14.8. The molecule has 0 N–H and O–H groups in total. The van der Waals surface area contributed by atoms with Crippen LogP contribution in [0.2, 0.25) is 0 Å². The van der Waals surface area contributed by atoms with Gasteiger partial charge in [-0.15, -0.1) is 22.0 Å². The van der Waals surface area contributed by atoms with Crippen LogP contribution in [-0.4, -0.2) is 21.8 Å². The molecule has 0 radical (unpaired) electrons. The first kappa shape index (κ1) is 42.6. The number of nitrogens with zero attached hydrogens (tertiary/aromatic N) is 2. The van der Waals surface area contributed by atoms with Crippen molar-refractivity contribution in [2.75, 3.05) is 0 Å². The predicted octanol–water partition coefficient (Wildman–Crippen LogP) is 15.7. The van der Waals surface area contributed by atoms with E-state index in [4.69, 9.17) is 10.2 Å². The molecule has 0 amide bonds. The summed E-state index contributed by atoms with van der Waals surface area (Å²) < 4.78 is -2.19. The zero-order valence-electron chi connectivity index (χ0n) is 38.5. The molecule has 11 aromatic rings. The Morgan fingerprint density at radius 2 is 0.620 bits per heavy atom. The highest BCUT2D eigenvalue weighted by Gasteiger charge is 2.75. The molecule has 1 aromatic heterocycles. The minimum absolute atomic E-state index is 0.0623. The SMILES string of the molecule is O=C(c1ccccc1)C1C(C(=O)c2ccccc2)C2(c3ccccc3)SC1(c1ccccc1)c1c2c(-c2ccccc2)c2cc3c(-c4ccccc4)nnc(-c4ccccc4)c3cc2c1-c1ccccc1. The molecule has 1 fully saturated rings. The van der Waals surface area contributed by atoms with Gasteiger partial charge < -0.3 is 0 Å². The molecular formula is C66H44N2O2S. The van der Waals surface area contributed by atoms with Gasteiger partial charge in [0.1, 0.15) is 11.4 Å². The maximum atomic E-state index is 16.4. The van der Waals surface area contributed by atoms with Crippen LogP contribution < -0.4 is 0 Å². The lowest BCUT2D eigenvalue weighted by Crippen LogP contribution is -2.48. The van der Waals surface area contributed by atoms with Gasteiger partial charge in [0.25, 0.3) is 0 Å². The van der Waals surface area contributed by atoms with E-state index in [1.54, 1.807) is 11.8 Å². The lowest BCUT2D eigenvalue weighted by Gasteiger charge is -2.44. The minimum Gasteiger partial charge on any atom is -0.294 e. The molecule has 1 saturated heterocycles. The van der Waals surface area contributed by atoms with Crippen molar-refractivity contribution in [1.82, 2.24) is 10.2 Å². The molecule has 336 valence electrons. The zero-order valence-corrected chi connectivity index (χ0v) is 39.3. The molecule has 4 atom stereocenters. The number of aromatic nitrogens is 2. The maximum Gasteiger partial charge on any atom is 0.168 e. The van der Waals surface area contributed by atoms with Crippen LogP contribution in [0, 0.1) is 11.8 Å². The summed E-state index contributed by atoms with van der Waals surface area (Å²) in [6.07, 6.45) is 0. The Labute approximate surface area is 416 Å². The van der Waals surface area contributed by atoms with Gasteiger partial charge in [-0.25, -0.2) is 0 Å². The van der Waals surface area contributed by atoms with Crippen LogP contribution in [0.3, 0.4) is 0 Å². The summed E-state index contributed by atoms with van der Waals surface area (Å²) >= 11 is 1.79. The summed E-state index contributed by atoms with van der Waals surface area (Å²) in [4.78, 5) is 32.8. The van der Waals surface area contributed by atoms with E-state index in [1.807, 2.05) is 109 Å². The van der Waals surface area contributed by atoms with E-state index in [9.17, 15) is 0 Å². The van der Waals surface area contributed by atoms with Crippen LogP contribution in [-0.2, 0) is 9.49 Å². The number of carbonyl (C=O) groups excluding carboxylic acids is 2. The van der Waals surface area contributed by atoms with Crippen molar-refractivity contribution >= 4 is 44.9 Å². The third-order valence-corrected chi connectivity index (χ3v) is 16.8. The van der Waals surface area contributed by atoms with E-state index in [-0.39, 0.29) is 11.6 Å². The van der Waals surface area contributed by atoms with Crippen molar-refractivity contribution in [3.63, 3.8) is 0 Å². The fourth-order valence-corrected chi connectivity index (χ4v) is 14.3. The normalized spacial score (nSPS) is 18.9. The molecule has 0 aliphatic carbocycles. The smallest absolute Gasteiger partial charge is 0.168 e. The molecule has 2 bridgehead atoms. The van der Waals surface area contributed by atoms with Crippen molar-refractivity contribution in [1.29, 1.82) is 0 Å². The Hall–Kier alpha value is -8.51. The first-order valence-corrected chi connectivity index (χ1v) is 25.0. The zero-order chi connectivity index (χ0) is 47.5. The molecule has 5 heteroatoms. The second kappa shape index (κ2) is 17.2. The van der Waals surface area contributed by atoms with Crippen LogP contribution >= 0.6 is 11.8 Å². The first-order valence-electron chi connectivity index (χ1n) is 24.1. The van der Waals surface area contributed by atoms with Crippen molar-refractivity contribution < 1.29 is 9.59 Å². The molecule has 10 aromatic carbocycles. The predicted molar refractivity (Wildman–Crippen MR) is 289 cm³/mol. The summed E-state index contributed by atoms with van der Waals surface area (Å²) in [6, 6.07) is 87.0. The number of Topliss-reactive ketones (excluding diaryl/α,β-unsaturated/α-hetero) is 2. The summed E-state index contributed by atoms with van der Waals surface area (Å²) in [5.41, 5.74) is 12.8. The van der Waals surface area contributed by atoms with E-state index < -0.39 is 21.3 Å². The minimum atomic E-state index is -1.10. The number of ketones is 2. The molecule has 13 rings (SSSR count). The van der Waals surface area contributed by atoms with E-state index in [0.29, 0.717) is 11.1 Å². The summed E-state index contributed by atoms with van der Waals surface area (Å²) in [6.45, 7) is 0. The maximum absolute atomic E-state index is 16.4. The highest BCUT2D eigenvalue weighted by Crippen LogP contribution is 2.80. The Bertz CT molecular complexity index is 3550. The Morgan fingerprint density at radius 3 is 0.944 bits per heavy atom. The Kier molecular flexibility index (Phi) is 10.3. The molecule has 3 heterocycles. The number of rotatable bonds is 10.